The van der Waals surface area contributed by atoms with Gasteiger partial charge in [0.15, 0.2) is 0 Å². The van der Waals surface area contributed by atoms with E-state index in [1.165, 1.54) is 10.8 Å². The van der Waals surface area contributed by atoms with Crippen LogP contribution in [0.2, 0.25) is 0 Å². The number of nitrogens with zero attached hydrogens (tertiary/aromatic N) is 2. The third kappa shape index (κ3) is 4.12. The van der Waals surface area contributed by atoms with Crippen LogP contribution in [-0.4, -0.2) is 43.8 Å². The Morgan fingerprint density at radius 1 is 1.20 bits per heavy atom. The molecule has 0 spiro atoms. The number of sulfonamides is 1. The number of carbonyl (C=O) groups excluding carboxylic acids is 1. The van der Waals surface area contributed by atoms with E-state index in [2.05, 4.69) is 10.8 Å². The number of rotatable bonds is 5. The quantitative estimate of drug-likeness (QED) is 0.648. The minimum absolute atomic E-state index is 0.108. The number of piperidine rings is 1. The number of amides is 1. The molecule has 0 saturated carbocycles. The van der Waals surface area contributed by atoms with E-state index in [9.17, 15) is 13.2 Å². The van der Waals surface area contributed by atoms with E-state index in [0.717, 1.165) is 28.9 Å². The Morgan fingerprint density at radius 3 is 2.63 bits per heavy atom. The van der Waals surface area contributed by atoms with E-state index >= 15 is 0 Å². The van der Waals surface area contributed by atoms with Crippen molar-refractivity contribution in [3.05, 3.63) is 58.6 Å². The van der Waals surface area contributed by atoms with E-state index < -0.39 is 10.0 Å². The Hall–Kier alpha value is -2.29. The van der Waals surface area contributed by atoms with E-state index in [0.29, 0.717) is 31.1 Å². The van der Waals surface area contributed by atoms with Gasteiger partial charge >= 0.3 is 0 Å². The zero-order chi connectivity index (χ0) is 21.3. The van der Waals surface area contributed by atoms with Crippen molar-refractivity contribution in [1.82, 2.24) is 14.6 Å². The van der Waals surface area contributed by atoms with Crippen molar-refractivity contribution >= 4 is 37.5 Å². The fourth-order valence-corrected chi connectivity index (χ4v) is 6.04. The molecule has 1 aromatic heterocycles. The minimum Gasteiger partial charge on any atom is -0.339 e. The van der Waals surface area contributed by atoms with Gasteiger partial charge in [-0.05, 0) is 49.6 Å². The standard InChI is InChI=1S/C22H25N3O3S2/c1-3-23-30(27,28)17-9-8-15(2)18(14-17)22(26)25-12-10-16(11-13-25)21-24-19-6-4-5-7-20(19)29-21/h4-9,14,16,23H,3,10-13H2,1-2H3. The van der Waals surface area contributed by atoms with Gasteiger partial charge in [-0.1, -0.05) is 25.1 Å². The SMILES string of the molecule is CCNS(=O)(=O)c1ccc(C)c(C(=O)N2CCC(c3nc4ccccc4s3)CC2)c1. The lowest BCUT2D eigenvalue weighted by Gasteiger charge is -2.31. The Balaban J connectivity index is 1.49. The highest BCUT2D eigenvalue weighted by molar-refractivity contribution is 7.89. The molecule has 1 aliphatic heterocycles. The highest BCUT2D eigenvalue weighted by atomic mass is 32.2. The fraction of sp³-hybridized carbons (Fsp3) is 0.364. The third-order valence-corrected chi connectivity index (χ3v) is 8.27. The van der Waals surface area contributed by atoms with Crippen molar-refractivity contribution < 1.29 is 13.2 Å². The number of aromatic nitrogens is 1. The first-order valence-corrected chi connectivity index (χ1v) is 12.4. The monoisotopic (exact) mass is 443 g/mol. The molecule has 1 fully saturated rings. The van der Waals surface area contributed by atoms with Gasteiger partial charge in [0.05, 0.1) is 20.1 Å². The number of nitrogens with one attached hydrogen (secondary N) is 1. The maximum absolute atomic E-state index is 13.1. The highest BCUT2D eigenvalue weighted by Crippen LogP contribution is 2.34. The molecule has 6 nitrogen and oxygen atoms in total. The molecule has 1 saturated heterocycles. The van der Waals surface area contributed by atoms with E-state index in [1.807, 2.05) is 30.0 Å². The molecule has 8 heteroatoms. The summed E-state index contributed by atoms with van der Waals surface area (Å²) < 4.78 is 28.3. The van der Waals surface area contributed by atoms with Gasteiger partial charge < -0.3 is 4.90 Å². The average molecular weight is 444 g/mol. The number of fused-ring (bicyclic) bond motifs is 1. The molecule has 2 aromatic carbocycles. The molecule has 1 amide bonds. The molecule has 0 atom stereocenters. The molecular formula is C22H25N3O3S2. The number of benzene rings is 2. The first kappa shape index (κ1) is 21.0. The predicted molar refractivity (Wildman–Crippen MR) is 120 cm³/mol. The summed E-state index contributed by atoms with van der Waals surface area (Å²) in [6, 6.07) is 12.9. The Kier molecular flexibility index (Phi) is 5.90. The number of thiazole rings is 1. The van der Waals surface area contributed by atoms with Crippen LogP contribution in [0.1, 0.15) is 46.6 Å². The van der Waals surface area contributed by atoms with E-state index in [1.54, 1.807) is 30.4 Å². The summed E-state index contributed by atoms with van der Waals surface area (Å²) >= 11 is 1.73. The summed E-state index contributed by atoms with van der Waals surface area (Å²) in [5.41, 5.74) is 2.27. The molecule has 0 radical (unpaired) electrons. The van der Waals surface area contributed by atoms with E-state index in [-0.39, 0.29) is 10.8 Å². The second-order valence-corrected chi connectivity index (χ2v) is 10.4. The van der Waals surface area contributed by atoms with Gasteiger partial charge in [0, 0.05) is 31.1 Å². The smallest absolute Gasteiger partial charge is 0.254 e. The maximum atomic E-state index is 13.1. The number of hydrogen-bond donors (Lipinski definition) is 1. The van der Waals surface area contributed by atoms with E-state index in [4.69, 9.17) is 4.98 Å². The molecule has 4 rings (SSSR count). The Bertz CT molecular complexity index is 1150. The van der Waals surface area contributed by atoms with Crippen LogP contribution >= 0.6 is 11.3 Å². The van der Waals surface area contributed by atoms with Gasteiger partial charge in [0.1, 0.15) is 0 Å². The lowest BCUT2D eigenvalue weighted by Crippen LogP contribution is -2.38. The fourth-order valence-electron chi connectivity index (χ4n) is 3.84. The molecule has 30 heavy (non-hydrogen) atoms. The molecule has 0 bridgehead atoms. The number of carbonyl (C=O) groups is 1. The zero-order valence-electron chi connectivity index (χ0n) is 17.1. The summed E-state index contributed by atoms with van der Waals surface area (Å²) in [7, 11) is -3.60. The van der Waals surface area contributed by atoms with Crippen LogP contribution in [0, 0.1) is 6.92 Å². The largest absolute Gasteiger partial charge is 0.339 e. The average Bonchev–Trinajstić information content (AvgIpc) is 3.18. The first-order valence-electron chi connectivity index (χ1n) is 10.1. The highest BCUT2D eigenvalue weighted by Gasteiger charge is 2.28. The Morgan fingerprint density at radius 2 is 1.93 bits per heavy atom. The molecule has 1 aliphatic rings. The van der Waals surface area contributed by atoms with Gasteiger partial charge in [0.2, 0.25) is 10.0 Å². The number of para-hydroxylation sites is 1. The summed E-state index contributed by atoms with van der Waals surface area (Å²) in [6.45, 7) is 5.16. The Labute approximate surface area is 181 Å². The van der Waals surface area contributed by atoms with Gasteiger partial charge in [-0.3, -0.25) is 4.79 Å². The second kappa shape index (κ2) is 8.45. The van der Waals surface area contributed by atoms with Crippen molar-refractivity contribution in [1.29, 1.82) is 0 Å². The van der Waals surface area contributed by atoms with Crippen molar-refractivity contribution in [2.24, 2.45) is 0 Å². The molecule has 0 unspecified atom stereocenters. The van der Waals surface area contributed by atoms with Crippen molar-refractivity contribution in [2.75, 3.05) is 19.6 Å². The molecule has 1 N–H and O–H groups in total. The van der Waals surface area contributed by atoms with Crippen molar-refractivity contribution in [2.45, 2.75) is 37.5 Å². The number of aryl methyl sites for hydroxylation is 1. The predicted octanol–water partition coefficient (Wildman–Crippen LogP) is 3.92. The lowest BCUT2D eigenvalue weighted by molar-refractivity contribution is 0.0712. The maximum Gasteiger partial charge on any atom is 0.254 e. The topological polar surface area (TPSA) is 79.4 Å². The lowest BCUT2D eigenvalue weighted by atomic mass is 9.96. The molecule has 3 aromatic rings. The zero-order valence-corrected chi connectivity index (χ0v) is 18.7. The first-order chi connectivity index (χ1) is 14.4. The van der Waals surface area contributed by atoms with Gasteiger partial charge in [0.25, 0.3) is 5.91 Å². The summed E-state index contributed by atoms with van der Waals surface area (Å²) in [4.78, 5) is 19.9. The van der Waals surface area contributed by atoms with Crippen molar-refractivity contribution in [3.8, 4) is 0 Å². The van der Waals surface area contributed by atoms with Crippen LogP contribution in [0.15, 0.2) is 47.4 Å². The number of likely N-dealkylation sites (tertiary alicyclic amines) is 1. The van der Waals surface area contributed by atoms with Crippen LogP contribution in [0.25, 0.3) is 10.2 Å². The van der Waals surface area contributed by atoms with Gasteiger partial charge in [-0.15, -0.1) is 11.3 Å². The third-order valence-electron chi connectivity index (χ3n) is 5.53. The van der Waals surface area contributed by atoms with Gasteiger partial charge in [-0.25, -0.2) is 18.1 Å². The normalized spacial score (nSPS) is 15.6. The molecular weight excluding hydrogens is 418 g/mol. The molecule has 158 valence electrons. The summed E-state index contributed by atoms with van der Waals surface area (Å²) in [5.74, 6) is 0.247. The van der Waals surface area contributed by atoms with Crippen molar-refractivity contribution in [3.63, 3.8) is 0 Å². The van der Waals surface area contributed by atoms with Gasteiger partial charge in [-0.2, -0.15) is 0 Å². The summed E-state index contributed by atoms with van der Waals surface area (Å²) in [6.07, 6.45) is 1.72. The minimum atomic E-state index is -3.60. The van der Waals surface area contributed by atoms with Crippen LogP contribution < -0.4 is 4.72 Å². The van der Waals surface area contributed by atoms with Crippen LogP contribution in [0.4, 0.5) is 0 Å². The number of hydrogen-bond acceptors (Lipinski definition) is 5. The second-order valence-electron chi connectivity index (χ2n) is 7.56. The van der Waals surface area contributed by atoms with Crippen LogP contribution in [0.3, 0.4) is 0 Å². The summed E-state index contributed by atoms with van der Waals surface area (Å²) in [5, 5.41) is 1.14. The molecule has 2 heterocycles. The molecule has 0 aliphatic carbocycles. The van der Waals surface area contributed by atoms with Crippen LogP contribution in [-0.2, 0) is 10.0 Å². The van der Waals surface area contributed by atoms with Crippen LogP contribution in [0.5, 0.6) is 0 Å².